The van der Waals surface area contributed by atoms with Gasteiger partial charge in [-0.3, -0.25) is 9.59 Å². The molecule has 3 aromatic rings. The molecule has 31 heavy (non-hydrogen) atoms. The first-order valence-corrected chi connectivity index (χ1v) is 11.1. The van der Waals surface area contributed by atoms with E-state index < -0.39 is 0 Å². The summed E-state index contributed by atoms with van der Waals surface area (Å²) in [6.45, 7) is 2.69. The Bertz CT molecular complexity index is 1170. The van der Waals surface area contributed by atoms with Crippen LogP contribution in [0.25, 0.3) is 16.2 Å². The minimum Gasteiger partial charge on any atom is -0.337 e. The van der Waals surface area contributed by atoms with Crippen LogP contribution in [0.2, 0.25) is 0 Å². The van der Waals surface area contributed by atoms with E-state index in [1.807, 2.05) is 25.2 Å². The Morgan fingerprint density at radius 2 is 2.19 bits per heavy atom. The number of aryl methyl sites for hydroxylation is 2. The van der Waals surface area contributed by atoms with Crippen LogP contribution in [0.4, 0.5) is 5.82 Å². The molecule has 4 rings (SSSR count). The fourth-order valence-corrected chi connectivity index (χ4v) is 5.06. The van der Waals surface area contributed by atoms with E-state index in [2.05, 4.69) is 34.7 Å². The first kappa shape index (κ1) is 21.2. The van der Waals surface area contributed by atoms with Crippen molar-refractivity contribution in [3.63, 3.8) is 0 Å². The number of nitrogens with zero attached hydrogens (tertiary/aromatic N) is 2. The molecule has 2 aromatic heterocycles. The van der Waals surface area contributed by atoms with Gasteiger partial charge >= 0.3 is 0 Å². The molecule has 0 saturated carbocycles. The molecule has 0 bridgehead atoms. The zero-order chi connectivity index (χ0) is 22.0. The van der Waals surface area contributed by atoms with Crippen LogP contribution in [0.3, 0.4) is 0 Å². The number of fused-ring (bicyclic) bond motifs is 2. The lowest BCUT2D eigenvalue weighted by Gasteiger charge is -2.14. The summed E-state index contributed by atoms with van der Waals surface area (Å²) in [6.07, 6.45) is 6.50. The van der Waals surface area contributed by atoms with E-state index in [9.17, 15) is 9.59 Å². The van der Waals surface area contributed by atoms with Gasteiger partial charge in [-0.25, -0.2) is 4.98 Å². The second-order valence-electron chi connectivity index (χ2n) is 7.82. The molecule has 2 amide bonds. The number of nitrogens with one attached hydrogen (secondary N) is 2. The van der Waals surface area contributed by atoms with Crippen LogP contribution >= 0.6 is 11.3 Å². The maximum atomic E-state index is 12.7. The number of carbonyl (C=O) groups is 2. The van der Waals surface area contributed by atoms with Gasteiger partial charge < -0.3 is 15.5 Å². The third-order valence-corrected chi connectivity index (χ3v) is 6.97. The van der Waals surface area contributed by atoms with Crippen molar-refractivity contribution in [3.05, 3.63) is 64.2 Å². The summed E-state index contributed by atoms with van der Waals surface area (Å²) in [5, 5.41) is 7.14. The average molecular weight is 435 g/mol. The first-order valence-electron chi connectivity index (χ1n) is 10.3. The highest BCUT2D eigenvalue weighted by molar-refractivity contribution is 7.19. The van der Waals surface area contributed by atoms with Gasteiger partial charge in [-0.05, 0) is 67.1 Å². The van der Waals surface area contributed by atoms with E-state index >= 15 is 0 Å². The predicted molar refractivity (Wildman–Crippen MR) is 126 cm³/mol. The summed E-state index contributed by atoms with van der Waals surface area (Å²) in [6, 6.07) is 10.1. The molecule has 0 radical (unpaired) electrons. The van der Waals surface area contributed by atoms with Crippen LogP contribution < -0.4 is 10.6 Å². The number of rotatable bonds is 5. The van der Waals surface area contributed by atoms with E-state index in [-0.39, 0.29) is 17.9 Å². The smallest absolute Gasteiger partial charge is 0.246 e. The Morgan fingerprint density at radius 1 is 1.39 bits per heavy atom. The number of amides is 2. The Labute approximate surface area is 186 Å². The normalized spacial score (nSPS) is 16.2. The van der Waals surface area contributed by atoms with Gasteiger partial charge in [0.25, 0.3) is 0 Å². The molecule has 1 aliphatic rings. The van der Waals surface area contributed by atoms with Gasteiger partial charge in [0, 0.05) is 28.9 Å². The Balaban J connectivity index is 1.44. The van der Waals surface area contributed by atoms with Gasteiger partial charge in [0.05, 0.1) is 12.6 Å². The molecule has 0 fully saturated rings. The largest absolute Gasteiger partial charge is 0.337 e. The molecule has 1 aliphatic heterocycles. The highest BCUT2D eigenvalue weighted by Crippen LogP contribution is 2.31. The van der Waals surface area contributed by atoms with Crippen molar-refractivity contribution >= 4 is 45.1 Å². The lowest BCUT2D eigenvalue weighted by Crippen LogP contribution is -2.37. The molecule has 6 nitrogen and oxygen atoms in total. The molecule has 0 unspecified atom stereocenters. The van der Waals surface area contributed by atoms with Crippen molar-refractivity contribution in [3.8, 4) is 0 Å². The summed E-state index contributed by atoms with van der Waals surface area (Å²) >= 11 is 1.74. The van der Waals surface area contributed by atoms with Gasteiger partial charge in [-0.1, -0.05) is 18.2 Å². The van der Waals surface area contributed by atoms with Crippen molar-refractivity contribution in [1.82, 2.24) is 15.2 Å². The molecule has 160 valence electrons. The summed E-state index contributed by atoms with van der Waals surface area (Å²) in [4.78, 5) is 32.1. The number of anilines is 1. The summed E-state index contributed by atoms with van der Waals surface area (Å²) in [5.41, 5.74) is 3.06. The molecule has 1 atom stereocenters. The Morgan fingerprint density at radius 3 is 2.97 bits per heavy atom. The first-order chi connectivity index (χ1) is 15.0. The highest BCUT2D eigenvalue weighted by Gasteiger charge is 2.22. The molecule has 7 heteroatoms. The van der Waals surface area contributed by atoms with Crippen LogP contribution in [0.15, 0.2) is 42.6 Å². The maximum absolute atomic E-state index is 12.7. The Kier molecular flexibility index (Phi) is 6.15. The second kappa shape index (κ2) is 8.99. The number of benzene rings is 1. The van der Waals surface area contributed by atoms with Gasteiger partial charge in [0.1, 0.15) is 5.82 Å². The molecular weight excluding hydrogens is 408 g/mol. The summed E-state index contributed by atoms with van der Waals surface area (Å²) < 4.78 is 1.25. The number of pyridine rings is 1. The van der Waals surface area contributed by atoms with Crippen molar-refractivity contribution in [2.24, 2.45) is 0 Å². The zero-order valence-electron chi connectivity index (χ0n) is 17.9. The van der Waals surface area contributed by atoms with E-state index in [0.717, 1.165) is 17.5 Å². The predicted octanol–water partition coefficient (Wildman–Crippen LogP) is 3.75. The van der Waals surface area contributed by atoms with Crippen LogP contribution in [0, 0.1) is 6.92 Å². The van der Waals surface area contributed by atoms with Crippen LogP contribution in [0.5, 0.6) is 0 Å². The van der Waals surface area contributed by atoms with Crippen LogP contribution in [-0.4, -0.2) is 41.8 Å². The fourth-order valence-electron chi connectivity index (χ4n) is 3.80. The standard InChI is InChI=1S/C24H26N4O2S/c1-15-18-6-4-5-7-20(18)31-21(15)14-28(3)22(29)11-8-16-12-17-9-10-19(25-2)24(30)27-23(17)26-13-16/h4-8,11-13,19,25H,9-10,14H2,1-3H3,(H,26,27,30)/b11-8+/t19-/m0/s1. The number of thiophene rings is 1. The van der Waals surface area contributed by atoms with Crippen LogP contribution in [-0.2, 0) is 22.6 Å². The maximum Gasteiger partial charge on any atom is 0.246 e. The van der Waals surface area contributed by atoms with Gasteiger partial charge in [0.15, 0.2) is 0 Å². The van der Waals surface area contributed by atoms with Gasteiger partial charge in [-0.15, -0.1) is 11.3 Å². The van der Waals surface area contributed by atoms with Gasteiger partial charge in [-0.2, -0.15) is 0 Å². The van der Waals surface area contributed by atoms with E-state index in [1.54, 1.807) is 41.6 Å². The van der Waals surface area contributed by atoms with E-state index in [4.69, 9.17) is 0 Å². The molecule has 2 N–H and O–H groups in total. The van der Waals surface area contributed by atoms with E-state index in [1.165, 1.54) is 20.5 Å². The van der Waals surface area contributed by atoms with Crippen molar-refractivity contribution in [1.29, 1.82) is 0 Å². The molecule has 1 aromatic carbocycles. The number of carbonyl (C=O) groups excluding carboxylic acids is 2. The van der Waals surface area contributed by atoms with Crippen molar-refractivity contribution < 1.29 is 9.59 Å². The minimum atomic E-state index is -0.222. The second-order valence-corrected chi connectivity index (χ2v) is 8.96. The molecule has 0 aliphatic carbocycles. The van der Waals surface area contributed by atoms with Gasteiger partial charge in [0.2, 0.25) is 11.8 Å². The lowest BCUT2D eigenvalue weighted by atomic mass is 10.1. The third kappa shape index (κ3) is 4.52. The fraction of sp³-hybridized carbons (Fsp3) is 0.292. The third-order valence-electron chi connectivity index (χ3n) is 5.71. The highest BCUT2D eigenvalue weighted by atomic mass is 32.1. The number of likely N-dealkylation sites (N-methyl/N-ethyl adjacent to an activating group) is 2. The monoisotopic (exact) mass is 434 g/mol. The molecular formula is C24H26N4O2S. The van der Waals surface area contributed by atoms with E-state index in [0.29, 0.717) is 18.8 Å². The van der Waals surface area contributed by atoms with Crippen LogP contribution in [0.1, 0.15) is 28.0 Å². The summed E-state index contributed by atoms with van der Waals surface area (Å²) in [7, 11) is 3.60. The number of hydrogen-bond donors (Lipinski definition) is 2. The Hall–Kier alpha value is -3.03. The molecule has 0 spiro atoms. The SMILES string of the molecule is CN[C@H]1CCc2cc(/C=C/C(=O)N(C)Cc3sc4ccccc4c3C)cnc2NC1=O. The van der Waals surface area contributed by atoms with Crippen molar-refractivity contribution in [2.45, 2.75) is 32.4 Å². The quantitative estimate of drug-likeness (QED) is 0.600. The topological polar surface area (TPSA) is 74.3 Å². The summed E-state index contributed by atoms with van der Waals surface area (Å²) in [5.74, 6) is 0.476. The molecule has 0 saturated heterocycles. The lowest BCUT2D eigenvalue weighted by molar-refractivity contribution is -0.125. The molecule has 3 heterocycles. The zero-order valence-corrected chi connectivity index (χ0v) is 18.8. The number of aromatic nitrogens is 1. The number of hydrogen-bond acceptors (Lipinski definition) is 5. The average Bonchev–Trinajstić information content (AvgIpc) is 2.98. The van der Waals surface area contributed by atoms with Crippen molar-refractivity contribution in [2.75, 3.05) is 19.4 Å². The minimum absolute atomic E-state index is 0.0599.